The molecule has 126 valence electrons. The van der Waals surface area contributed by atoms with Crippen molar-refractivity contribution in [2.24, 2.45) is 0 Å². The lowest BCUT2D eigenvalue weighted by Crippen LogP contribution is -2.45. The molecule has 1 amide bonds. The summed E-state index contributed by atoms with van der Waals surface area (Å²) < 4.78 is 5.40. The molecule has 2 aliphatic rings. The highest BCUT2D eigenvalue weighted by Gasteiger charge is 2.40. The van der Waals surface area contributed by atoms with E-state index in [9.17, 15) is 4.79 Å². The lowest BCUT2D eigenvalue weighted by Gasteiger charge is -2.40. The van der Waals surface area contributed by atoms with Crippen molar-refractivity contribution < 1.29 is 9.53 Å². The molecule has 1 aromatic rings. The highest BCUT2D eigenvalue weighted by molar-refractivity contribution is 5.51. The van der Waals surface area contributed by atoms with Gasteiger partial charge in [0.15, 0.2) is 0 Å². The largest absolute Gasteiger partial charge is 0.379 e. The maximum Gasteiger partial charge on any atom is 0.210 e. The molecule has 4 nitrogen and oxygen atoms in total. The lowest BCUT2D eigenvalue weighted by atomic mass is 9.86. The molecule has 0 radical (unpaired) electrons. The molecule has 0 N–H and O–H groups in total. The number of carbonyl (C=O) groups is 1. The van der Waals surface area contributed by atoms with Crippen molar-refractivity contribution in [1.82, 2.24) is 9.80 Å². The van der Waals surface area contributed by atoms with Crippen LogP contribution >= 0.6 is 0 Å². The van der Waals surface area contributed by atoms with Crippen molar-refractivity contribution in [2.45, 2.75) is 37.6 Å². The summed E-state index contributed by atoms with van der Waals surface area (Å²) in [7, 11) is 0. The summed E-state index contributed by atoms with van der Waals surface area (Å²) >= 11 is 0. The van der Waals surface area contributed by atoms with Gasteiger partial charge in [-0.1, -0.05) is 43.2 Å². The molecule has 1 aromatic carbocycles. The second-order valence-corrected chi connectivity index (χ2v) is 6.71. The van der Waals surface area contributed by atoms with Crippen molar-refractivity contribution in [3.05, 3.63) is 35.9 Å². The molecule has 1 aliphatic heterocycles. The van der Waals surface area contributed by atoms with Gasteiger partial charge in [-0.15, -0.1) is 0 Å². The summed E-state index contributed by atoms with van der Waals surface area (Å²) in [5, 5.41) is 0. The predicted molar refractivity (Wildman–Crippen MR) is 91.2 cm³/mol. The molecule has 23 heavy (non-hydrogen) atoms. The Morgan fingerprint density at radius 2 is 1.83 bits per heavy atom. The molecule has 0 atom stereocenters. The van der Waals surface area contributed by atoms with Gasteiger partial charge in [-0.3, -0.25) is 9.69 Å². The first-order valence-corrected chi connectivity index (χ1v) is 8.93. The minimum Gasteiger partial charge on any atom is -0.379 e. The Labute approximate surface area is 139 Å². The van der Waals surface area contributed by atoms with Crippen LogP contribution in [-0.2, 0) is 15.1 Å². The molecular weight excluding hydrogens is 288 g/mol. The van der Waals surface area contributed by atoms with E-state index in [4.69, 9.17) is 4.74 Å². The third-order valence-corrected chi connectivity index (χ3v) is 5.40. The van der Waals surface area contributed by atoms with Crippen LogP contribution < -0.4 is 0 Å². The van der Waals surface area contributed by atoms with Crippen LogP contribution in [0.4, 0.5) is 0 Å². The Morgan fingerprint density at radius 3 is 2.48 bits per heavy atom. The topological polar surface area (TPSA) is 32.8 Å². The van der Waals surface area contributed by atoms with Crippen LogP contribution in [0.1, 0.15) is 37.7 Å². The van der Waals surface area contributed by atoms with Crippen LogP contribution in [0.25, 0.3) is 0 Å². The van der Waals surface area contributed by atoms with E-state index in [0.29, 0.717) is 0 Å². The van der Waals surface area contributed by atoms with Gasteiger partial charge in [0.25, 0.3) is 0 Å². The van der Waals surface area contributed by atoms with Gasteiger partial charge in [0, 0.05) is 26.2 Å². The summed E-state index contributed by atoms with van der Waals surface area (Å²) in [4.78, 5) is 16.4. The molecule has 1 saturated carbocycles. The number of hydrogen-bond acceptors (Lipinski definition) is 3. The quantitative estimate of drug-likeness (QED) is 0.725. The fourth-order valence-electron chi connectivity index (χ4n) is 4.11. The molecule has 2 fully saturated rings. The van der Waals surface area contributed by atoms with Gasteiger partial charge in [-0.2, -0.15) is 0 Å². The molecule has 0 spiro atoms. The van der Waals surface area contributed by atoms with Gasteiger partial charge in [0.2, 0.25) is 6.41 Å². The molecule has 1 heterocycles. The second kappa shape index (κ2) is 7.93. The Morgan fingerprint density at radius 1 is 1.13 bits per heavy atom. The number of rotatable bonds is 7. The van der Waals surface area contributed by atoms with Gasteiger partial charge in [-0.25, -0.2) is 0 Å². The molecule has 1 aliphatic carbocycles. The number of benzene rings is 1. The maximum atomic E-state index is 11.8. The highest BCUT2D eigenvalue weighted by atomic mass is 16.5. The zero-order valence-electron chi connectivity index (χ0n) is 14.0. The van der Waals surface area contributed by atoms with Crippen LogP contribution in [0, 0.1) is 0 Å². The summed E-state index contributed by atoms with van der Waals surface area (Å²) in [6.07, 6.45) is 6.72. The summed E-state index contributed by atoms with van der Waals surface area (Å²) in [5.74, 6) is 0. The van der Waals surface area contributed by atoms with Crippen LogP contribution in [-0.4, -0.2) is 55.6 Å². The third-order valence-electron chi connectivity index (χ3n) is 5.40. The summed E-state index contributed by atoms with van der Waals surface area (Å²) in [6, 6.07) is 10.6. The number of morpholine rings is 1. The summed E-state index contributed by atoms with van der Waals surface area (Å²) in [5.41, 5.74) is 1.23. The fraction of sp³-hybridized carbons (Fsp3) is 0.632. The highest BCUT2D eigenvalue weighted by Crippen LogP contribution is 2.43. The van der Waals surface area contributed by atoms with E-state index in [1.807, 2.05) is 0 Å². The normalized spacial score (nSPS) is 21.2. The van der Waals surface area contributed by atoms with Crippen LogP contribution in [0.2, 0.25) is 0 Å². The van der Waals surface area contributed by atoms with Crippen molar-refractivity contribution in [3.63, 3.8) is 0 Å². The number of carbonyl (C=O) groups excluding carboxylic acids is 1. The smallest absolute Gasteiger partial charge is 0.210 e. The number of amides is 1. The molecule has 3 rings (SSSR count). The minimum absolute atomic E-state index is 0.0754. The third kappa shape index (κ3) is 3.75. The molecular formula is C19H28N2O2. The first kappa shape index (κ1) is 16.5. The Bertz CT molecular complexity index is 479. The predicted octanol–water partition coefficient (Wildman–Crippen LogP) is 2.64. The van der Waals surface area contributed by atoms with E-state index in [0.717, 1.165) is 65.1 Å². The standard InChI is InChI=1S/C19H28N2O2/c22-17-21(12-6-11-20-13-15-23-16-14-20)19(9-4-5-10-19)18-7-2-1-3-8-18/h1-3,7-8,17H,4-6,9-16H2. The maximum absolute atomic E-state index is 11.8. The minimum atomic E-state index is -0.0754. The molecule has 1 saturated heterocycles. The number of nitrogens with zero attached hydrogens (tertiary/aromatic N) is 2. The molecule has 0 bridgehead atoms. The summed E-state index contributed by atoms with van der Waals surface area (Å²) in [6.45, 7) is 5.61. The second-order valence-electron chi connectivity index (χ2n) is 6.71. The Kier molecular flexibility index (Phi) is 5.68. The molecule has 0 unspecified atom stereocenters. The van der Waals surface area contributed by atoms with Crippen molar-refractivity contribution >= 4 is 6.41 Å². The van der Waals surface area contributed by atoms with E-state index in [1.54, 1.807) is 0 Å². The monoisotopic (exact) mass is 316 g/mol. The van der Waals surface area contributed by atoms with E-state index in [-0.39, 0.29) is 5.54 Å². The van der Waals surface area contributed by atoms with E-state index in [1.165, 1.54) is 18.4 Å². The first-order valence-electron chi connectivity index (χ1n) is 8.93. The number of ether oxygens (including phenoxy) is 1. The number of hydrogen-bond donors (Lipinski definition) is 0. The molecule has 0 aromatic heterocycles. The van der Waals surface area contributed by atoms with Crippen molar-refractivity contribution in [2.75, 3.05) is 39.4 Å². The molecule has 4 heteroatoms. The average molecular weight is 316 g/mol. The van der Waals surface area contributed by atoms with Gasteiger partial charge in [0.05, 0.1) is 18.8 Å². The van der Waals surface area contributed by atoms with Crippen molar-refractivity contribution in [1.29, 1.82) is 0 Å². The average Bonchev–Trinajstić information content (AvgIpc) is 3.11. The zero-order chi connectivity index (χ0) is 16.0. The van der Waals surface area contributed by atoms with E-state index >= 15 is 0 Å². The van der Waals surface area contributed by atoms with Gasteiger partial charge in [0.1, 0.15) is 0 Å². The van der Waals surface area contributed by atoms with Gasteiger partial charge >= 0.3 is 0 Å². The fourth-order valence-corrected chi connectivity index (χ4v) is 4.11. The zero-order valence-corrected chi connectivity index (χ0v) is 14.0. The first-order chi connectivity index (χ1) is 11.3. The SMILES string of the molecule is O=CN(CCCN1CCOCC1)C1(c2ccccc2)CCCC1. The lowest BCUT2D eigenvalue weighted by molar-refractivity contribution is -0.124. The van der Waals surface area contributed by atoms with Gasteiger partial charge < -0.3 is 9.64 Å². The van der Waals surface area contributed by atoms with Crippen LogP contribution in [0.3, 0.4) is 0 Å². The van der Waals surface area contributed by atoms with Crippen LogP contribution in [0.5, 0.6) is 0 Å². The van der Waals surface area contributed by atoms with Crippen molar-refractivity contribution in [3.8, 4) is 0 Å². The Hall–Kier alpha value is -1.39. The van der Waals surface area contributed by atoms with E-state index in [2.05, 4.69) is 40.1 Å². The van der Waals surface area contributed by atoms with E-state index < -0.39 is 0 Å². The Balaban J connectivity index is 1.64. The van der Waals surface area contributed by atoms with Gasteiger partial charge in [-0.05, 0) is 24.8 Å². The van der Waals surface area contributed by atoms with Crippen LogP contribution in [0.15, 0.2) is 30.3 Å².